The number of hydrogen-bond acceptors (Lipinski definition) is 5. The molecule has 1 saturated heterocycles. The van der Waals surface area contributed by atoms with Crippen molar-refractivity contribution in [2.45, 2.75) is 25.6 Å². The highest BCUT2D eigenvalue weighted by Crippen LogP contribution is 2.10. The Balaban J connectivity index is 1.90. The fraction of sp³-hybridized carbons (Fsp3) is 0.538. The van der Waals surface area contributed by atoms with Crippen molar-refractivity contribution in [3.8, 4) is 0 Å². The monoisotopic (exact) mass is 250 g/mol. The summed E-state index contributed by atoms with van der Waals surface area (Å²) in [5.41, 5.74) is 1.08. The van der Waals surface area contributed by atoms with Crippen molar-refractivity contribution < 1.29 is 14.3 Å². The van der Waals surface area contributed by atoms with Gasteiger partial charge in [-0.05, 0) is 38.1 Å². The van der Waals surface area contributed by atoms with Gasteiger partial charge in [0.1, 0.15) is 5.69 Å². The van der Waals surface area contributed by atoms with Crippen LogP contribution in [0.25, 0.3) is 0 Å². The first-order chi connectivity index (χ1) is 8.79. The van der Waals surface area contributed by atoms with Gasteiger partial charge in [-0.25, -0.2) is 9.78 Å². The van der Waals surface area contributed by atoms with Crippen LogP contribution in [0.2, 0.25) is 0 Å². The molecular formula is C13H18N2O3. The molecule has 1 fully saturated rings. The van der Waals surface area contributed by atoms with E-state index in [0.29, 0.717) is 12.3 Å². The molecule has 5 heteroatoms. The third kappa shape index (κ3) is 3.51. The van der Waals surface area contributed by atoms with Crippen LogP contribution in [-0.2, 0) is 16.1 Å². The highest BCUT2D eigenvalue weighted by Gasteiger charge is 2.14. The van der Waals surface area contributed by atoms with Gasteiger partial charge in [0, 0.05) is 0 Å². The van der Waals surface area contributed by atoms with Crippen LogP contribution in [0.4, 0.5) is 0 Å². The zero-order valence-electron chi connectivity index (χ0n) is 10.5. The molecule has 98 valence electrons. The van der Waals surface area contributed by atoms with Gasteiger partial charge >= 0.3 is 5.97 Å². The van der Waals surface area contributed by atoms with Crippen LogP contribution in [0.15, 0.2) is 18.2 Å². The molecule has 18 heavy (non-hydrogen) atoms. The molecule has 0 radical (unpaired) electrons. The van der Waals surface area contributed by atoms with Crippen molar-refractivity contribution in [1.82, 2.24) is 10.3 Å². The summed E-state index contributed by atoms with van der Waals surface area (Å²) in [6, 6.07) is 5.29. The predicted octanol–water partition coefficient (Wildman–Crippen LogP) is 1.14. The molecule has 0 spiro atoms. The minimum Gasteiger partial charge on any atom is -0.464 e. The zero-order valence-corrected chi connectivity index (χ0v) is 10.5. The Hall–Kier alpha value is -1.46. The predicted molar refractivity (Wildman–Crippen MR) is 66.3 cm³/mol. The smallest absolute Gasteiger partial charge is 0.356 e. The number of carbonyl (C=O) groups is 1. The van der Waals surface area contributed by atoms with Gasteiger partial charge in [0.25, 0.3) is 0 Å². The number of hydrogen-bond donors (Lipinski definition) is 1. The molecule has 1 N–H and O–H groups in total. The van der Waals surface area contributed by atoms with Crippen LogP contribution in [-0.4, -0.2) is 37.3 Å². The summed E-state index contributed by atoms with van der Waals surface area (Å²) in [5.74, 6) is -0.418. The average molecular weight is 250 g/mol. The van der Waals surface area contributed by atoms with E-state index in [9.17, 15) is 4.79 Å². The van der Waals surface area contributed by atoms with E-state index in [0.717, 1.165) is 31.6 Å². The number of esters is 1. The number of nitrogens with one attached hydrogen (secondary N) is 1. The number of nitrogens with zero attached hydrogens (tertiary/aromatic N) is 1. The maximum Gasteiger partial charge on any atom is 0.356 e. The van der Waals surface area contributed by atoms with E-state index in [1.807, 2.05) is 6.07 Å². The second-order valence-electron chi connectivity index (χ2n) is 4.27. The Labute approximate surface area is 107 Å². The number of ether oxygens (including phenoxy) is 2. The summed E-state index contributed by atoms with van der Waals surface area (Å²) in [7, 11) is 1.35. The van der Waals surface area contributed by atoms with Gasteiger partial charge in [-0.3, -0.25) is 0 Å². The topological polar surface area (TPSA) is 60.5 Å². The number of methoxy groups -OCH3 is 1. The second kappa shape index (κ2) is 6.47. The summed E-state index contributed by atoms with van der Waals surface area (Å²) in [4.78, 5) is 15.6. The van der Waals surface area contributed by atoms with Gasteiger partial charge in [0.15, 0.2) is 0 Å². The van der Waals surface area contributed by atoms with Crippen LogP contribution in [0, 0.1) is 0 Å². The third-order valence-corrected chi connectivity index (χ3v) is 2.95. The lowest BCUT2D eigenvalue weighted by Crippen LogP contribution is -2.32. The molecule has 2 rings (SSSR count). The number of pyridine rings is 1. The summed E-state index contributed by atoms with van der Waals surface area (Å²) < 4.78 is 10.4. The summed E-state index contributed by atoms with van der Waals surface area (Å²) >= 11 is 0. The van der Waals surface area contributed by atoms with Crippen LogP contribution in [0.3, 0.4) is 0 Å². The average Bonchev–Trinajstić information content (AvgIpc) is 2.45. The molecule has 1 aliphatic rings. The fourth-order valence-electron chi connectivity index (χ4n) is 1.94. The molecule has 1 aromatic heterocycles. The highest BCUT2D eigenvalue weighted by molar-refractivity contribution is 5.87. The molecule has 0 aromatic carbocycles. The van der Waals surface area contributed by atoms with Crippen molar-refractivity contribution in [1.29, 1.82) is 0 Å². The Bertz CT molecular complexity index is 403. The lowest BCUT2D eigenvalue weighted by Gasteiger charge is -2.22. The molecule has 5 nitrogen and oxygen atoms in total. The molecule has 1 aromatic rings. The van der Waals surface area contributed by atoms with E-state index in [1.54, 1.807) is 12.1 Å². The van der Waals surface area contributed by atoms with Crippen molar-refractivity contribution in [3.63, 3.8) is 0 Å². The maximum absolute atomic E-state index is 11.3. The maximum atomic E-state index is 11.3. The van der Waals surface area contributed by atoms with Crippen LogP contribution < -0.4 is 5.32 Å². The Morgan fingerprint density at radius 1 is 1.44 bits per heavy atom. The van der Waals surface area contributed by atoms with Crippen molar-refractivity contribution in [2.24, 2.45) is 0 Å². The minimum atomic E-state index is -0.418. The van der Waals surface area contributed by atoms with E-state index in [1.165, 1.54) is 7.11 Å². The number of carbonyl (C=O) groups excluding carboxylic acids is 1. The van der Waals surface area contributed by atoms with Gasteiger partial charge in [0.05, 0.1) is 25.5 Å². The van der Waals surface area contributed by atoms with E-state index >= 15 is 0 Å². The van der Waals surface area contributed by atoms with Gasteiger partial charge in [-0.2, -0.15) is 0 Å². The van der Waals surface area contributed by atoms with Crippen LogP contribution in [0.5, 0.6) is 0 Å². The van der Waals surface area contributed by atoms with Crippen molar-refractivity contribution >= 4 is 5.97 Å². The van der Waals surface area contributed by atoms with Gasteiger partial charge in [0.2, 0.25) is 0 Å². The molecule has 0 bridgehead atoms. The molecule has 1 aliphatic heterocycles. The molecule has 0 saturated carbocycles. The van der Waals surface area contributed by atoms with E-state index in [4.69, 9.17) is 4.74 Å². The summed E-state index contributed by atoms with van der Waals surface area (Å²) in [6.45, 7) is 2.44. The summed E-state index contributed by atoms with van der Waals surface area (Å²) in [6.07, 6.45) is 2.34. The first kappa shape index (κ1) is 13.0. The molecule has 0 aliphatic carbocycles. The third-order valence-electron chi connectivity index (χ3n) is 2.95. The Kier molecular flexibility index (Phi) is 4.66. The Morgan fingerprint density at radius 3 is 2.94 bits per heavy atom. The quantitative estimate of drug-likeness (QED) is 0.812. The van der Waals surface area contributed by atoms with Gasteiger partial charge in [-0.15, -0.1) is 0 Å². The Morgan fingerprint density at radius 2 is 2.22 bits per heavy atom. The SMILES string of the molecule is COC(=O)c1cccc(COC2CCNCC2)n1. The van der Waals surface area contributed by atoms with E-state index in [-0.39, 0.29) is 6.10 Å². The zero-order chi connectivity index (χ0) is 12.8. The first-order valence-electron chi connectivity index (χ1n) is 6.16. The lowest BCUT2D eigenvalue weighted by atomic mass is 10.1. The normalized spacial score (nSPS) is 16.5. The largest absolute Gasteiger partial charge is 0.464 e. The van der Waals surface area contributed by atoms with Gasteiger partial charge < -0.3 is 14.8 Å². The summed E-state index contributed by atoms with van der Waals surface area (Å²) in [5, 5.41) is 3.29. The van der Waals surface area contributed by atoms with Crippen LogP contribution in [0.1, 0.15) is 29.0 Å². The molecule has 0 unspecified atom stereocenters. The van der Waals surface area contributed by atoms with E-state index < -0.39 is 5.97 Å². The van der Waals surface area contributed by atoms with Gasteiger partial charge in [-0.1, -0.05) is 6.07 Å². The van der Waals surface area contributed by atoms with Crippen LogP contribution >= 0.6 is 0 Å². The molecular weight excluding hydrogens is 232 g/mol. The number of rotatable bonds is 4. The number of aromatic nitrogens is 1. The highest BCUT2D eigenvalue weighted by atomic mass is 16.5. The lowest BCUT2D eigenvalue weighted by molar-refractivity contribution is 0.0194. The first-order valence-corrected chi connectivity index (χ1v) is 6.16. The van der Waals surface area contributed by atoms with Crippen molar-refractivity contribution in [3.05, 3.63) is 29.6 Å². The molecule has 2 heterocycles. The number of piperidine rings is 1. The second-order valence-corrected chi connectivity index (χ2v) is 4.27. The minimum absolute atomic E-state index is 0.287. The van der Waals surface area contributed by atoms with E-state index in [2.05, 4.69) is 15.0 Å². The molecule has 0 atom stereocenters. The molecule has 0 amide bonds. The van der Waals surface area contributed by atoms with Crippen molar-refractivity contribution in [2.75, 3.05) is 20.2 Å². The fourth-order valence-corrected chi connectivity index (χ4v) is 1.94. The standard InChI is InChI=1S/C13H18N2O3/c1-17-13(16)12-4-2-3-10(15-12)9-18-11-5-7-14-8-6-11/h2-4,11,14H,5-9H2,1H3.